The van der Waals surface area contributed by atoms with Gasteiger partial charge in [0.1, 0.15) is 0 Å². The maximum atomic E-state index is 12.1. The highest BCUT2D eigenvalue weighted by molar-refractivity contribution is 9.10. The van der Waals surface area contributed by atoms with Crippen molar-refractivity contribution in [3.63, 3.8) is 0 Å². The first-order valence-electron chi connectivity index (χ1n) is 7.50. The van der Waals surface area contributed by atoms with Gasteiger partial charge in [-0.15, -0.1) is 0 Å². The lowest BCUT2D eigenvalue weighted by molar-refractivity contribution is -0.116. The van der Waals surface area contributed by atoms with E-state index in [-0.39, 0.29) is 5.91 Å². The Hall–Kier alpha value is -2.48. The number of carbonyl (C=O) groups excluding carboxylic acids is 1. The molecule has 0 aliphatic carbocycles. The highest BCUT2D eigenvalue weighted by Crippen LogP contribution is 2.20. The number of hydrogen-bond donors (Lipinski definition) is 2. The molecule has 3 heterocycles. The van der Waals surface area contributed by atoms with Crippen LogP contribution in [0.2, 0.25) is 0 Å². The van der Waals surface area contributed by atoms with Crippen molar-refractivity contribution in [2.45, 2.75) is 26.8 Å². The van der Waals surface area contributed by atoms with E-state index < -0.39 is 0 Å². The minimum Gasteiger partial charge on any atom is -0.309 e. The lowest BCUT2D eigenvalue weighted by Gasteiger charge is -2.04. The van der Waals surface area contributed by atoms with Gasteiger partial charge in [0.2, 0.25) is 5.91 Å². The van der Waals surface area contributed by atoms with Gasteiger partial charge in [0.25, 0.3) is 0 Å². The third-order valence-corrected chi connectivity index (χ3v) is 4.83. The number of aryl methyl sites for hydroxylation is 2. The van der Waals surface area contributed by atoms with Crippen molar-refractivity contribution in [2.75, 3.05) is 5.32 Å². The summed E-state index contributed by atoms with van der Waals surface area (Å²) < 4.78 is 2.81. The summed E-state index contributed by atoms with van der Waals surface area (Å²) in [4.78, 5) is 16.1. The molecule has 1 amide bonds. The highest BCUT2D eigenvalue weighted by atomic mass is 79.9. The zero-order valence-corrected chi connectivity index (χ0v) is 15.0. The topological polar surface area (TPSA) is 88.5 Å². The van der Waals surface area contributed by atoms with Crippen LogP contribution in [-0.4, -0.2) is 30.9 Å². The van der Waals surface area contributed by atoms with Gasteiger partial charge in [-0.05, 0) is 41.9 Å². The number of halogens is 1. The van der Waals surface area contributed by atoms with E-state index in [2.05, 4.69) is 41.5 Å². The SMILES string of the molecule is Cc1nn(CCC(=O)Nc2cc(-c3ccncc3)[nH]n2)c(C)c1Br. The molecule has 3 aromatic heterocycles. The van der Waals surface area contributed by atoms with Crippen LogP contribution in [0, 0.1) is 13.8 Å². The van der Waals surface area contributed by atoms with Crippen molar-refractivity contribution in [3.8, 4) is 11.3 Å². The molecule has 3 aromatic rings. The van der Waals surface area contributed by atoms with E-state index >= 15 is 0 Å². The van der Waals surface area contributed by atoms with Gasteiger partial charge in [0.05, 0.1) is 22.4 Å². The number of amides is 1. The number of anilines is 1. The van der Waals surface area contributed by atoms with Crippen LogP contribution in [0.15, 0.2) is 35.1 Å². The van der Waals surface area contributed by atoms with Crippen molar-refractivity contribution in [1.29, 1.82) is 0 Å². The zero-order chi connectivity index (χ0) is 17.1. The van der Waals surface area contributed by atoms with Crippen molar-refractivity contribution in [1.82, 2.24) is 25.0 Å². The van der Waals surface area contributed by atoms with Crippen molar-refractivity contribution >= 4 is 27.7 Å². The van der Waals surface area contributed by atoms with Gasteiger partial charge in [-0.3, -0.25) is 19.6 Å². The molecule has 124 valence electrons. The van der Waals surface area contributed by atoms with Crippen LogP contribution in [0.1, 0.15) is 17.8 Å². The Morgan fingerprint density at radius 2 is 2.08 bits per heavy atom. The van der Waals surface area contributed by atoms with E-state index in [1.807, 2.05) is 30.7 Å². The van der Waals surface area contributed by atoms with E-state index in [9.17, 15) is 4.79 Å². The average molecular weight is 389 g/mol. The predicted octanol–water partition coefficient (Wildman–Crippen LogP) is 3.08. The Labute approximate surface area is 147 Å². The van der Waals surface area contributed by atoms with Crippen LogP contribution in [0.25, 0.3) is 11.3 Å². The molecular formula is C16H17BrN6O. The highest BCUT2D eigenvalue weighted by Gasteiger charge is 2.11. The Morgan fingerprint density at radius 1 is 1.33 bits per heavy atom. The molecule has 0 bridgehead atoms. The molecule has 0 atom stereocenters. The van der Waals surface area contributed by atoms with Gasteiger partial charge in [-0.25, -0.2) is 0 Å². The third-order valence-electron chi connectivity index (χ3n) is 3.68. The van der Waals surface area contributed by atoms with Crippen LogP contribution >= 0.6 is 15.9 Å². The maximum Gasteiger partial charge on any atom is 0.227 e. The second-order valence-electron chi connectivity index (χ2n) is 5.41. The second-order valence-corrected chi connectivity index (χ2v) is 6.20. The molecule has 2 N–H and O–H groups in total. The Morgan fingerprint density at radius 3 is 2.75 bits per heavy atom. The van der Waals surface area contributed by atoms with Gasteiger partial charge < -0.3 is 5.32 Å². The summed E-state index contributed by atoms with van der Waals surface area (Å²) in [6.45, 7) is 4.42. The van der Waals surface area contributed by atoms with Gasteiger partial charge >= 0.3 is 0 Å². The summed E-state index contributed by atoms with van der Waals surface area (Å²) >= 11 is 3.48. The lowest BCUT2D eigenvalue weighted by atomic mass is 10.2. The summed E-state index contributed by atoms with van der Waals surface area (Å²) in [5.74, 6) is 0.396. The molecule has 0 radical (unpaired) electrons. The molecular weight excluding hydrogens is 372 g/mol. The molecule has 3 rings (SSSR count). The lowest BCUT2D eigenvalue weighted by Crippen LogP contribution is -2.15. The summed E-state index contributed by atoms with van der Waals surface area (Å²) in [5, 5.41) is 14.2. The molecule has 0 aromatic carbocycles. The molecule has 0 saturated heterocycles. The number of nitrogens with one attached hydrogen (secondary N) is 2. The van der Waals surface area contributed by atoms with Crippen LogP contribution in [0.3, 0.4) is 0 Å². The van der Waals surface area contributed by atoms with Crippen molar-refractivity contribution in [3.05, 3.63) is 46.5 Å². The van der Waals surface area contributed by atoms with Gasteiger partial charge in [-0.1, -0.05) is 0 Å². The molecule has 24 heavy (non-hydrogen) atoms. The van der Waals surface area contributed by atoms with E-state index in [0.717, 1.165) is 27.1 Å². The van der Waals surface area contributed by atoms with E-state index in [4.69, 9.17) is 0 Å². The van der Waals surface area contributed by atoms with Crippen molar-refractivity contribution in [2.24, 2.45) is 0 Å². The van der Waals surface area contributed by atoms with Gasteiger partial charge in [-0.2, -0.15) is 10.2 Å². The fourth-order valence-electron chi connectivity index (χ4n) is 2.37. The minimum atomic E-state index is -0.105. The standard InChI is InChI=1S/C16H17BrN6O/c1-10-16(17)11(2)23(22-10)8-5-15(24)19-14-9-13(20-21-14)12-3-6-18-7-4-12/h3-4,6-7,9H,5,8H2,1-2H3,(H2,19,20,21,24). The first kappa shape index (κ1) is 16.4. The smallest absolute Gasteiger partial charge is 0.227 e. The molecule has 7 nitrogen and oxygen atoms in total. The number of aromatic nitrogens is 5. The fraction of sp³-hybridized carbons (Fsp3) is 0.250. The number of carbonyl (C=O) groups is 1. The molecule has 0 unspecified atom stereocenters. The van der Waals surface area contributed by atoms with Crippen molar-refractivity contribution < 1.29 is 4.79 Å². The maximum absolute atomic E-state index is 12.1. The molecule has 8 heteroatoms. The quantitative estimate of drug-likeness (QED) is 0.702. The van der Waals surface area contributed by atoms with Crippen LogP contribution in [-0.2, 0) is 11.3 Å². The largest absolute Gasteiger partial charge is 0.309 e. The first-order chi connectivity index (χ1) is 11.5. The Kier molecular flexibility index (Phi) is 4.75. The Balaban J connectivity index is 1.59. The molecule has 0 fully saturated rings. The Bertz CT molecular complexity index is 855. The van der Waals surface area contributed by atoms with E-state index in [1.165, 1.54) is 0 Å². The number of H-pyrrole nitrogens is 1. The number of pyridine rings is 1. The fourth-order valence-corrected chi connectivity index (χ4v) is 2.65. The molecule has 0 aliphatic heterocycles. The summed E-state index contributed by atoms with van der Waals surface area (Å²) in [5.41, 5.74) is 3.72. The zero-order valence-electron chi connectivity index (χ0n) is 13.4. The van der Waals surface area contributed by atoms with E-state index in [0.29, 0.717) is 18.8 Å². The summed E-state index contributed by atoms with van der Waals surface area (Å²) in [6.07, 6.45) is 3.74. The van der Waals surface area contributed by atoms with E-state index in [1.54, 1.807) is 18.5 Å². The van der Waals surface area contributed by atoms with Crippen LogP contribution in [0.5, 0.6) is 0 Å². The second kappa shape index (κ2) is 6.96. The predicted molar refractivity (Wildman–Crippen MR) is 94.5 cm³/mol. The molecule has 0 spiro atoms. The average Bonchev–Trinajstić information content (AvgIpc) is 3.14. The number of aromatic amines is 1. The van der Waals surface area contributed by atoms with Crippen LogP contribution < -0.4 is 5.32 Å². The normalized spacial score (nSPS) is 10.8. The van der Waals surface area contributed by atoms with Gasteiger partial charge in [0.15, 0.2) is 5.82 Å². The number of nitrogens with zero attached hydrogens (tertiary/aromatic N) is 4. The van der Waals surface area contributed by atoms with Gasteiger partial charge in [0, 0.05) is 36.1 Å². The molecule has 0 saturated carbocycles. The summed E-state index contributed by atoms with van der Waals surface area (Å²) in [7, 11) is 0. The summed E-state index contributed by atoms with van der Waals surface area (Å²) in [6, 6.07) is 5.55. The number of rotatable bonds is 5. The minimum absolute atomic E-state index is 0.105. The monoisotopic (exact) mass is 388 g/mol. The third kappa shape index (κ3) is 3.53. The van der Waals surface area contributed by atoms with Crippen LogP contribution in [0.4, 0.5) is 5.82 Å². The first-order valence-corrected chi connectivity index (χ1v) is 8.29. The number of hydrogen-bond acceptors (Lipinski definition) is 4. The molecule has 0 aliphatic rings.